The molecule has 0 saturated carbocycles. The van der Waals surface area contributed by atoms with Crippen LogP contribution in [0.1, 0.15) is 6.92 Å². The van der Waals surface area contributed by atoms with Crippen molar-refractivity contribution < 1.29 is 45.7 Å². The molecule has 0 spiro atoms. The number of likely N-dealkylation sites (N-methyl/N-ethyl adjacent to an activating group) is 1. The number of rotatable bonds is 4. The topological polar surface area (TPSA) is 104 Å². The Kier molecular flexibility index (Phi) is 6.85. The van der Waals surface area contributed by atoms with Crippen LogP contribution in [0.25, 0.3) is 0 Å². The summed E-state index contributed by atoms with van der Waals surface area (Å²) in [5.74, 6) is -0.377. The molecule has 0 aromatic heterocycles. The lowest BCUT2D eigenvalue weighted by Gasteiger charge is -2.32. The van der Waals surface area contributed by atoms with Crippen LogP contribution in [0, 0.1) is 0 Å². The number of phosphoric acid groups is 1. The highest BCUT2D eigenvalue weighted by Gasteiger charge is 2.38. The monoisotopic (exact) mass is 263 g/mol. The van der Waals surface area contributed by atoms with E-state index in [0.29, 0.717) is 0 Å². The Morgan fingerprint density at radius 3 is 2.07 bits per heavy atom. The number of aliphatic hydroxyl groups excluding tert-OH is 1. The Labute approximate surface area is 93.9 Å². The molecule has 1 unspecified atom stereocenters. The summed E-state index contributed by atoms with van der Waals surface area (Å²) in [7, 11) is -1.93. The van der Waals surface area contributed by atoms with E-state index >= 15 is 0 Å². The third kappa shape index (κ3) is 5.58. The van der Waals surface area contributed by atoms with Gasteiger partial charge in [0.15, 0.2) is 0 Å². The molecule has 92 valence electrons. The Hall–Kier alpha value is -0.01000. The number of hydrogen-bond acceptors (Lipinski definition) is 4. The maximum absolute atomic E-state index is 11.1. The van der Waals surface area contributed by atoms with Crippen LogP contribution < -0.4 is 12.4 Å². The summed E-state index contributed by atoms with van der Waals surface area (Å²) in [6.45, 7) is 0.587. The summed E-state index contributed by atoms with van der Waals surface area (Å²) >= 11 is 0. The molecule has 7 nitrogen and oxygen atoms in total. The number of quaternary nitrogens is 1. The summed E-state index contributed by atoms with van der Waals surface area (Å²) < 4.78 is 14.3. The van der Waals surface area contributed by atoms with Gasteiger partial charge in [0.2, 0.25) is 6.23 Å². The number of carbonyl (C=O) groups excluding carboxylic acids is 1. The van der Waals surface area contributed by atoms with Crippen LogP contribution in [0.5, 0.6) is 0 Å². The second kappa shape index (κ2) is 5.91. The fourth-order valence-corrected chi connectivity index (χ4v) is 1.34. The van der Waals surface area contributed by atoms with Crippen molar-refractivity contribution in [3.63, 3.8) is 0 Å². The van der Waals surface area contributed by atoms with Gasteiger partial charge >= 0.3 is 13.7 Å². The molecule has 0 radical (unpaired) electrons. The van der Waals surface area contributed by atoms with Crippen molar-refractivity contribution in [3.8, 4) is 0 Å². The largest absolute Gasteiger partial charge is 1.00 e. The number of carbonyl (C=O) groups is 1. The molecule has 0 fully saturated rings. The number of nitrogens with zero attached hydrogens (tertiary/aromatic N) is 1. The molecular formula is C6H15ClNO6P. The van der Waals surface area contributed by atoms with E-state index in [-0.39, 0.29) is 18.3 Å². The summed E-state index contributed by atoms with van der Waals surface area (Å²) in [5, 5.41) is 8.84. The first-order valence-electron chi connectivity index (χ1n) is 3.81. The van der Waals surface area contributed by atoms with E-state index in [1.54, 1.807) is 0 Å². The van der Waals surface area contributed by atoms with Crippen LogP contribution in [-0.4, -0.2) is 52.2 Å². The van der Waals surface area contributed by atoms with Gasteiger partial charge in [-0.05, 0) is 0 Å². The van der Waals surface area contributed by atoms with Gasteiger partial charge in [0.25, 0.3) is 0 Å². The Balaban J connectivity index is 0. The van der Waals surface area contributed by atoms with Crippen molar-refractivity contribution in [2.75, 3.05) is 20.7 Å². The summed E-state index contributed by atoms with van der Waals surface area (Å²) in [4.78, 5) is 28.1. The zero-order valence-electron chi connectivity index (χ0n) is 8.62. The molecule has 0 bridgehead atoms. The lowest BCUT2D eigenvalue weighted by atomic mass is 10.4. The first-order valence-corrected chi connectivity index (χ1v) is 5.34. The minimum absolute atomic E-state index is 0. The van der Waals surface area contributed by atoms with Gasteiger partial charge in [0.05, 0.1) is 21.0 Å². The molecule has 1 amide bonds. The molecule has 15 heavy (non-hydrogen) atoms. The molecule has 0 rings (SSSR count). The number of phosphoric ester groups is 1. The highest BCUT2D eigenvalue weighted by Crippen LogP contribution is 2.38. The Morgan fingerprint density at radius 2 is 1.87 bits per heavy atom. The van der Waals surface area contributed by atoms with Crippen molar-refractivity contribution in [3.05, 3.63) is 0 Å². The minimum atomic E-state index is -4.70. The lowest BCUT2D eigenvalue weighted by molar-refractivity contribution is -0.862. The van der Waals surface area contributed by atoms with Crippen LogP contribution in [0.2, 0.25) is 0 Å². The van der Waals surface area contributed by atoms with E-state index in [0.717, 1.165) is 0 Å². The van der Waals surface area contributed by atoms with Crippen LogP contribution in [-0.2, 0) is 13.9 Å². The average Bonchev–Trinajstić information content (AvgIpc) is 1.97. The number of hydrogen-bond donors (Lipinski definition) is 3. The summed E-state index contributed by atoms with van der Waals surface area (Å²) in [5.41, 5.74) is 0. The van der Waals surface area contributed by atoms with E-state index in [4.69, 9.17) is 14.9 Å². The normalized spacial score (nSPS) is 14.3. The van der Waals surface area contributed by atoms with E-state index in [1.807, 2.05) is 0 Å². The Bertz CT molecular complexity index is 264. The van der Waals surface area contributed by atoms with E-state index in [2.05, 4.69) is 4.52 Å². The summed E-state index contributed by atoms with van der Waals surface area (Å²) in [6, 6.07) is 0. The fraction of sp³-hybridized carbons (Fsp3) is 0.833. The molecule has 0 saturated heterocycles. The highest BCUT2D eigenvalue weighted by atomic mass is 35.5. The maximum Gasteiger partial charge on any atom is 0.474 e. The van der Waals surface area contributed by atoms with Gasteiger partial charge in [0.1, 0.15) is 6.61 Å². The summed E-state index contributed by atoms with van der Waals surface area (Å²) in [6.07, 6.45) is -1.27. The number of aliphatic hydroxyl groups is 1. The number of amides is 1. The van der Waals surface area contributed by atoms with Crippen molar-refractivity contribution in [2.45, 2.75) is 13.2 Å². The SMILES string of the molecule is CC(=O)[N+](C)(C)C(CO)OP(=O)(O)O.[Cl-]. The molecule has 0 aliphatic carbocycles. The standard InChI is InChI=1S/C6H14NO6P.ClH/c1-5(9)7(2,3)6(4-8)13-14(10,11)12;/h6,8H,4H2,1-3H3,(H-,10,11,12);1H. The zero-order valence-corrected chi connectivity index (χ0v) is 10.3. The second-order valence-corrected chi connectivity index (χ2v) is 4.48. The third-order valence-electron chi connectivity index (χ3n) is 1.95. The van der Waals surface area contributed by atoms with Gasteiger partial charge in [-0.3, -0.25) is 0 Å². The molecular weight excluding hydrogens is 248 g/mol. The molecule has 0 aliphatic heterocycles. The fourth-order valence-electron chi connectivity index (χ4n) is 0.717. The smallest absolute Gasteiger partial charge is 0.474 e. The van der Waals surface area contributed by atoms with Crippen LogP contribution >= 0.6 is 7.82 Å². The quantitative estimate of drug-likeness (QED) is 0.272. The van der Waals surface area contributed by atoms with Crippen LogP contribution in [0.4, 0.5) is 0 Å². The van der Waals surface area contributed by atoms with Gasteiger partial charge in [-0.2, -0.15) is 0 Å². The Morgan fingerprint density at radius 1 is 1.47 bits per heavy atom. The minimum Gasteiger partial charge on any atom is -1.00 e. The predicted molar refractivity (Wildman–Crippen MR) is 46.8 cm³/mol. The van der Waals surface area contributed by atoms with Gasteiger partial charge in [-0.25, -0.2) is 18.4 Å². The van der Waals surface area contributed by atoms with E-state index in [9.17, 15) is 9.36 Å². The zero-order chi connectivity index (χ0) is 11.6. The van der Waals surface area contributed by atoms with Crippen LogP contribution in [0.15, 0.2) is 0 Å². The van der Waals surface area contributed by atoms with Crippen LogP contribution in [0.3, 0.4) is 0 Å². The highest BCUT2D eigenvalue weighted by molar-refractivity contribution is 7.46. The van der Waals surface area contributed by atoms with Gasteiger partial charge in [-0.15, -0.1) is 0 Å². The van der Waals surface area contributed by atoms with Crippen molar-refractivity contribution in [2.24, 2.45) is 0 Å². The first-order chi connectivity index (χ1) is 6.11. The maximum atomic E-state index is 11.1. The molecule has 0 aromatic rings. The molecule has 0 aromatic carbocycles. The molecule has 3 N–H and O–H groups in total. The first kappa shape index (κ1) is 17.4. The second-order valence-electron chi connectivity index (χ2n) is 3.29. The predicted octanol–water partition coefficient (Wildman–Crippen LogP) is -3.96. The van der Waals surface area contributed by atoms with Crippen molar-refractivity contribution in [1.82, 2.24) is 0 Å². The van der Waals surface area contributed by atoms with Crippen molar-refractivity contribution in [1.29, 1.82) is 0 Å². The van der Waals surface area contributed by atoms with Gasteiger partial charge < -0.3 is 27.3 Å². The van der Waals surface area contributed by atoms with Gasteiger partial charge in [-0.1, -0.05) is 0 Å². The molecule has 1 atom stereocenters. The molecule has 9 heteroatoms. The lowest BCUT2D eigenvalue weighted by Crippen LogP contribution is -3.00. The molecule has 0 aliphatic rings. The third-order valence-corrected chi connectivity index (χ3v) is 2.46. The number of halogens is 1. The average molecular weight is 264 g/mol. The van der Waals surface area contributed by atoms with Gasteiger partial charge in [0, 0.05) is 0 Å². The molecule has 0 heterocycles. The van der Waals surface area contributed by atoms with E-state index < -0.39 is 25.1 Å². The van der Waals surface area contributed by atoms with E-state index in [1.165, 1.54) is 21.0 Å². The van der Waals surface area contributed by atoms with Crippen molar-refractivity contribution >= 4 is 13.7 Å².